The molecule has 4 nitrogen and oxygen atoms in total. The van der Waals surface area contributed by atoms with Crippen molar-refractivity contribution in [2.45, 2.75) is 31.4 Å². The lowest BCUT2D eigenvalue weighted by atomic mass is 9.98. The van der Waals surface area contributed by atoms with E-state index in [4.69, 9.17) is 5.14 Å². The number of rotatable bonds is 2. The Hall–Kier alpha value is -0.810. The third-order valence-corrected chi connectivity index (χ3v) is 3.24. The van der Waals surface area contributed by atoms with E-state index in [1.807, 2.05) is 6.07 Å². The zero-order valence-corrected chi connectivity index (χ0v) is 8.73. The average Bonchev–Trinajstić information content (AvgIpc) is 2.42. The van der Waals surface area contributed by atoms with Crippen molar-refractivity contribution in [3.05, 3.63) is 23.0 Å². The molecule has 0 saturated carbocycles. The van der Waals surface area contributed by atoms with E-state index in [0.717, 1.165) is 18.5 Å². The largest absolute Gasteiger partial charge is 0.361 e. The van der Waals surface area contributed by atoms with E-state index < -0.39 is 10.0 Å². The summed E-state index contributed by atoms with van der Waals surface area (Å²) in [5.74, 6) is -0.0833. The number of H-pyrrole nitrogens is 1. The third-order valence-electron chi connectivity index (χ3n) is 2.53. The fourth-order valence-corrected chi connectivity index (χ4v) is 2.55. The first-order valence-corrected chi connectivity index (χ1v) is 6.46. The Morgan fingerprint density at radius 1 is 1.36 bits per heavy atom. The molecule has 1 aliphatic rings. The molecule has 1 aliphatic carbocycles. The maximum Gasteiger partial charge on any atom is 0.214 e. The molecule has 0 unspecified atom stereocenters. The van der Waals surface area contributed by atoms with Gasteiger partial charge in [0.25, 0.3) is 0 Å². The number of aryl methyl sites for hydroxylation is 2. The van der Waals surface area contributed by atoms with Crippen LogP contribution in [0.15, 0.2) is 6.07 Å². The predicted octanol–water partition coefficient (Wildman–Crippen LogP) is 0.682. The van der Waals surface area contributed by atoms with E-state index in [1.54, 1.807) is 0 Å². The van der Waals surface area contributed by atoms with E-state index >= 15 is 0 Å². The SMILES string of the molecule is NS(=O)(=O)Cc1cc2c([nH]1)CCCC2. The highest BCUT2D eigenvalue weighted by atomic mass is 32.2. The maximum absolute atomic E-state index is 10.9. The lowest BCUT2D eigenvalue weighted by molar-refractivity contribution is 0.596. The Bertz CT molecular complexity index is 410. The van der Waals surface area contributed by atoms with Gasteiger partial charge in [-0.15, -0.1) is 0 Å². The summed E-state index contributed by atoms with van der Waals surface area (Å²) in [7, 11) is -3.41. The van der Waals surface area contributed by atoms with Gasteiger partial charge in [-0.25, -0.2) is 13.6 Å². The highest BCUT2D eigenvalue weighted by Crippen LogP contribution is 2.22. The van der Waals surface area contributed by atoms with Crippen LogP contribution in [0.5, 0.6) is 0 Å². The maximum atomic E-state index is 10.9. The van der Waals surface area contributed by atoms with Gasteiger partial charge in [-0.2, -0.15) is 0 Å². The van der Waals surface area contributed by atoms with Crippen molar-refractivity contribution in [3.8, 4) is 0 Å². The summed E-state index contributed by atoms with van der Waals surface area (Å²) in [4.78, 5) is 3.13. The van der Waals surface area contributed by atoms with E-state index in [0.29, 0.717) is 0 Å². The van der Waals surface area contributed by atoms with E-state index in [9.17, 15) is 8.42 Å². The zero-order chi connectivity index (χ0) is 10.2. The second-order valence-corrected chi connectivity index (χ2v) is 5.43. The topological polar surface area (TPSA) is 76.0 Å². The molecule has 1 heterocycles. The molecule has 0 aliphatic heterocycles. The van der Waals surface area contributed by atoms with Crippen molar-refractivity contribution >= 4 is 10.0 Å². The first kappa shape index (κ1) is 9.73. The van der Waals surface area contributed by atoms with Crippen LogP contribution in [0.4, 0.5) is 0 Å². The van der Waals surface area contributed by atoms with Crippen molar-refractivity contribution in [1.29, 1.82) is 0 Å². The van der Waals surface area contributed by atoms with Gasteiger partial charge in [0.1, 0.15) is 5.75 Å². The predicted molar refractivity (Wildman–Crippen MR) is 54.2 cm³/mol. The van der Waals surface area contributed by atoms with Gasteiger partial charge >= 0.3 is 0 Å². The minimum absolute atomic E-state index is 0.0833. The summed E-state index contributed by atoms with van der Waals surface area (Å²) in [5.41, 5.74) is 3.17. The minimum atomic E-state index is -3.41. The number of aromatic amines is 1. The summed E-state index contributed by atoms with van der Waals surface area (Å²) in [6.07, 6.45) is 4.46. The molecule has 0 fully saturated rings. The quantitative estimate of drug-likeness (QED) is 0.759. The summed E-state index contributed by atoms with van der Waals surface area (Å²) < 4.78 is 21.7. The van der Waals surface area contributed by atoms with Gasteiger partial charge in [0, 0.05) is 11.4 Å². The highest BCUT2D eigenvalue weighted by Gasteiger charge is 2.14. The monoisotopic (exact) mass is 214 g/mol. The molecule has 0 saturated heterocycles. The number of hydrogen-bond donors (Lipinski definition) is 2. The Kier molecular flexibility index (Phi) is 2.36. The fourth-order valence-electron chi connectivity index (χ4n) is 1.97. The molecule has 0 atom stereocenters. The number of aromatic nitrogens is 1. The molecule has 78 valence electrons. The minimum Gasteiger partial charge on any atom is -0.361 e. The third kappa shape index (κ3) is 2.16. The summed E-state index contributed by atoms with van der Waals surface area (Å²) in [6, 6.07) is 1.93. The van der Waals surface area contributed by atoms with Crippen LogP contribution in [0.2, 0.25) is 0 Å². The van der Waals surface area contributed by atoms with Crippen LogP contribution in [0.25, 0.3) is 0 Å². The average molecular weight is 214 g/mol. The van der Waals surface area contributed by atoms with Crippen LogP contribution < -0.4 is 5.14 Å². The molecular formula is C9H14N2O2S. The van der Waals surface area contributed by atoms with Gasteiger partial charge in [-0.1, -0.05) is 0 Å². The number of primary sulfonamides is 1. The van der Waals surface area contributed by atoms with Crippen LogP contribution in [-0.4, -0.2) is 13.4 Å². The Morgan fingerprint density at radius 3 is 2.71 bits per heavy atom. The molecule has 0 bridgehead atoms. The standard InChI is InChI=1S/C9H14N2O2S/c10-14(12,13)6-8-5-7-3-1-2-4-9(7)11-8/h5,11H,1-4,6H2,(H2,10,12,13). The molecule has 0 aromatic carbocycles. The Morgan fingerprint density at radius 2 is 2.07 bits per heavy atom. The number of sulfonamides is 1. The first-order valence-electron chi connectivity index (χ1n) is 4.75. The van der Waals surface area contributed by atoms with Crippen molar-refractivity contribution < 1.29 is 8.42 Å². The van der Waals surface area contributed by atoms with Gasteiger partial charge in [0.15, 0.2) is 0 Å². The van der Waals surface area contributed by atoms with Gasteiger partial charge in [0.2, 0.25) is 10.0 Å². The zero-order valence-electron chi connectivity index (χ0n) is 7.91. The lowest BCUT2D eigenvalue weighted by Gasteiger charge is -2.09. The second-order valence-electron chi connectivity index (χ2n) is 3.81. The highest BCUT2D eigenvalue weighted by molar-refractivity contribution is 7.88. The van der Waals surface area contributed by atoms with Crippen LogP contribution in [0.3, 0.4) is 0 Å². The van der Waals surface area contributed by atoms with Crippen LogP contribution in [0, 0.1) is 0 Å². The molecule has 0 amide bonds. The second kappa shape index (κ2) is 3.40. The van der Waals surface area contributed by atoms with E-state index in [1.165, 1.54) is 24.1 Å². The van der Waals surface area contributed by atoms with E-state index in [-0.39, 0.29) is 5.75 Å². The molecule has 1 aromatic rings. The molecule has 0 spiro atoms. The Labute approximate surface area is 83.6 Å². The number of hydrogen-bond acceptors (Lipinski definition) is 2. The van der Waals surface area contributed by atoms with E-state index in [2.05, 4.69) is 4.98 Å². The molecule has 1 aromatic heterocycles. The van der Waals surface area contributed by atoms with Gasteiger partial charge < -0.3 is 4.98 Å². The van der Waals surface area contributed by atoms with Crippen LogP contribution >= 0.6 is 0 Å². The molecule has 0 radical (unpaired) electrons. The smallest absolute Gasteiger partial charge is 0.214 e. The van der Waals surface area contributed by atoms with Crippen molar-refractivity contribution in [1.82, 2.24) is 4.98 Å². The lowest BCUT2D eigenvalue weighted by Crippen LogP contribution is -2.14. The molecule has 3 N–H and O–H groups in total. The number of nitrogens with two attached hydrogens (primary N) is 1. The van der Waals surface area contributed by atoms with Gasteiger partial charge in [-0.3, -0.25) is 0 Å². The molecule has 5 heteroatoms. The van der Waals surface area contributed by atoms with Crippen molar-refractivity contribution in [2.75, 3.05) is 0 Å². The van der Waals surface area contributed by atoms with Crippen molar-refractivity contribution in [2.24, 2.45) is 5.14 Å². The molecule has 2 rings (SSSR count). The van der Waals surface area contributed by atoms with Crippen LogP contribution in [-0.2, 0) is 28.6 Å². The van der Waals surface area contributed by atoms with Crippen molar-refractivity contribution in [3.63, 3.8) is 0 Å². The van der Waals surface area contributed by atoms with Gasteiger partial charge in [-0.05, 0) is 37.3 Å². The van der Waals surface area contributed by atoms with Gasteiger partial charge in [0.05, 0.1) is 0 Å². The summed E-state index contributed by atoms with van der Waals surface area (Å²) in [6.45, 7) is 0. The summed E-state index contributed by atoms with van der Waals surface area (Å²) >= 11 is 0. The number of fused-ring (bicyclic) bond motifs is 1. The Balaban J connectivity index is 2.24. The number of nitrogens with one attached hydrogen (secondary N) is 1. The first-order chi connectivity index (χ1) is 6.54. The summed E-state index contributed by atoms with van der Waals surface area (Å²) in [5, 5.41) is 4.98. The fraction of sp³-hybridized carbons (Fsp3) is 0.556. The molecule has 14 heavy (non-hydrogen) atoms. The normalized spacial score (nSPS) is 16.6. The molecular weight excluding hydrogens is 200 g/mol. The van der Waals surface area contributed by atoms with Crippen LogP contribution in [0.1, 0.15) is 29.8 Å².